The molecule has 2 aromatic heterocycles. The SMILES string of the molecule is Cc1cc(B2OC(C)(C)C(C)(C)O2)cnc1-n1ccnc1. The Bertz CT molecular complexity index is 637. The molecule has 0 atom stereocenters. The van der Waals surface area contributed by atoms with Crippen LogP contribution in [0.3, 0.4) is 0 Å². The largest absolute Gasteiger partial charge is 0.496 e. The van der Waals surface area contributed by atoms with Crippen molar-refractivity contribution >= 4 is 12.6 Å². The van der Waals surface area contributed by atoms with E-state index in [1.165, 1.54) is 0 Å². The average Bonchev–Trinajstić information content (AvgIpc) is 2.96. The first-order valence-electron chi connectivity index (χ1n) is 7.11. The summed E-state index contributed by atoms with van der Waals surface area (Å²) in [4.78, 5) is 8.57. The van der Waals surface area contributed by atoms with E-state index in [1.807, 2.05) is 51.6 Å². The number of pyridine rings is 1. The van der Waals surface area contributed by atoms with Crippen LogP contribution in [0.15, 0.2) is 31.0 Å². The normalized spacial score (nSPS) is 20.0. The molecule has 0 aliphatic carbocycles. The third-order valence-electron chi connectivity index (χ3n) is 4.35. The zero-order chi connectivity index (χ0) is 15.3. The Morgan fingerprint density at radius 2 is 1.81 bits per heavy atom. The molecular weight excluding hydrogens is 265 g/mol. The Kier molecular flexibility index (Phi) is 3.18. The molecule has 0 bridgehead atoms. The van der Waals surface area contributed by atoms with Crippen LogP contribution in [0.25, 0.3) is 5.82 Å². The lowest BCUT2D eigenvalue weighted by atomic mass is 9.80. The van der Waals surface area contributed by atoms with Gasteiger partial charge in [0.1, 0.15) is 12.1 Å². The molecular formula is C15H20BN3O2. The van der Waals surface area contributed by atoms with Gasteiger partial charge in [0.2, 0.25) is 0 Å². The van der Waals surface area contributed by atoms with Crippen LogP contribution < -0.4 is 5.46 Å². The zero-order valence-electron chi connectivity index (χ0n) is 13.1. The number of aromatic nitrogens is 3. The molecule has 1 aliphatic rings. The van der Waals surface area contributed by atoms with Crippen LogP contribution in [0, 0.1) is 6.92 Å². The molecule has 110 valence electrons. The predicted octanol–water partition coefficient (Wildman–Crippen LogP) is 1.87. The van der Waals surface area contributed by atoms with Gasteiger partial charge in [0.05, 0.1) is 11.2 Å². The summed E-state index contributed by atoms with van der Waals surface area (Å²) in [5, 5.41) is 0. The van der Waals surface area contributed by atoms with Crippen LogP contribution in [0.2, 0.25) is 0 Å². The second kappa shape index (κ2) is 4.68. The second-order valence-corrected chi connectivity index (χ2v) is 6.47. The van der Waals surface area contributed by atoms with E-state index in [-0.39, 0.29) is 18.3 Å². The molecule has 0 radical (unpaired) electrons. The van der Waals surface area contributed by atoms with Gasteiger partial charge >= 0.3 is 7.12 Å². The summed E-state index contributed by atoms with van der Waals surface area (Å²) in [6, 6.07) is 2.06. The molecule has 0 saturated carbocycles. The van der Waals surface area contributed by atoms with E-state index in [9.17, 15) is 0 Å². The molecule has 0 unspecified atom stereocenters. The third-order valence-corrected chi connectivity index (χ3v) is 4.35. The van der Waals surface area contributed by atoms with E-state index in [4.69, 9.17) is 9.31 Å². The molecule has 0 amide bonds. The van der Waals surface area contributed by atoms with Crippen molar-refractivity contribution in [2.24, 2.45) is 0 Å². The summed E-state index contributed by atoms with van der Waals surface area (Å²) in [5.74, 6) is 0.868. The monoisotopic (exact) mass is 285 g/mol. The highest BCUT2D eigenvalue weighted by Gasteiger charge is 2.51. The van der Waals surface area contributed by atoms with Crippen LogP contribution in [-0.4, -0.2) is 32.9 Å². The molecule has 2 aromatic rings. The summed E-state index contributed by atoms with van der Waals surface area (Å²) >= 11 is 0. The van der Waals surface area contributed by atoms with Crippen LogP contribution in [0.4, 0.5) is 0 Å². The molecule has 3 heterocycles. The van der Waals surface area contributed by atoms with Crippen molar-refractivity contribution in [3.05, 3.63) is 36.5 Å². The Balaban J connectivity index is 1.90. The van der Waals surface area contributed by atoms with Crippen LogP contribution in [-0.2, 0) is 9.31 Å². The Labute approximate surface area is 125 Å². The Morgan fingerprint density at radius 1 is 1.14 bits per heavy atom. The average molecular weight is 285 g/mol. The summed E-state index contributed by atoms with van der Waals surface area (Å²) in [6.07, 6.45) is 7.17. The summed E-state index contributed by atoms with van der Waals surface area (Å²) in [5.41, 5.74) is 1.32. The number of nitrogens with zero attached hydrogens (tertiary/aromatic N) is 3. The topological polar surface area (TPSA) is 49.2 Å². The quantitative estimate of drug-likeness (QED) is 0.790. The summed E-state index contributed by atoms with van der Waals surface area (Å²) in [7, 11) is -0.377. The highest BCUT2D eigenvalue weighted by molar-refractivity contribution is 6.62. The maximum absolute atomic E-state index is 6.05. The Hall–Kier alpha value is -1.66. The number of imidazole rings is 1. The first-order chi connectivity index (χ1) is 9.80. The lowest BCUT2D eigenvalue weighted by Crippen LogP contribution is -2.41. The van der Waals surface area contributed by atoms with Crippen molar-refractivity contribution in [2.45, 2.75) is 45.8 Å². The van der Waals surface area contributed by atoms with E-state index in [2.05, 4.69) is 16.0 Å². The number of aryl methyl sites for hydroxylation is 1. The third kappa shape index (κ3) is 2.38. The van der Waals surface area contributed by atoms with E-state index in [1.54, 1.807) is 12.5 Å². The van der Waals surface area contributed by atoms with E-state index in [0.717, 1.165) is 16.8 Å². The fourth-order valence-electron chi connectivity index (χ4n) is 2.35. The molecule has 5 nitrogen and oxygen atoms in total. The van der Waals surface area contributed by atoms with Gasteiger partial charge in [-0.3, -0.25) is 4.57 Å². The van der Waals surface area contributed by atoms with Gasteiger partial charge in [-0.2, -0.15) is 0 Å². The molecule has 0 spiro atoms. The smallest absolute Gasteiger partial charge is 0.399 e. The minimum Gasteiger partial charge on any atom is -0.399 e. The second-order valence-electron chi connectivity index (χ2n) is 6.47. The standard InChI is InChI=1S/C15H20BN3O2/c1-11-8-12(9-18-13(11)19-7-6-17-10-19)16-20-14(2,3)15(4,5)21-16/h6-10H,1-5H3. The fraction of sp³-hybridized carbons (Fsp3) is 0.467. The molecule has 1 saturated heterocycles. The molecule has 0 N–H and O–H groups in total. The molecule has 3 rings (SSSR count). The van der Waals surface area contributed by atoms with Gasteiger partial charge in [-0.15, -0.1) is 0 Å². The maximum Gasteiger partial charge on any atom is 0.496 e. The predicted molar refractivity (Wildman–Crippen MR) is 81.8 cm³/mol. The lowest BCUT2D eigenvalue weighted by Gasteiger charge is -2.32. The molecule has 1 fully saturated rings. The zero-order valence-corrected chi connectivity index (χ0v) is 13.1. The minimum atomic E-state index is -0.377. The number of hydrogen-bond donors (Lipinski definition) is 0. The first kappa shape index (κ1) is 14.3. The van der Waals surface area contributed by atoms with Crippen molar-refractivity contribution in [1.82, 2.24) is 14.5 Å². The van der Waals surface area contributed by atoms with Gasteiger partial charge in [-0.1, -0.05) is 6.07 Å². The van der Waals surface area contributed by atoms with E-state index < -0.39 is 0 Å². The van der Waals surface area contributed by atoms with Gasteiger partial charge < -0.3 is 9.31 Å². The van der Waals surface area contributed by atoms with Gasteiger partial charge in [0, 0.05) is 24.1 Å². The van der Waals surface area contributed by atoms with Crippen molar-refractivity contribution in [3.63, 3.8) is 0 Å². The van der Waals surface area contributed by atoms with Crippen molar-refractivity contribution in [3.8, 4) is 5.82 Å². The minimum absolute atomic E-state index is 0.339. The summed E-state index contributed by atoms with van der Waals surface area (Å²) in [6.45, 7) is 10.2. The van der Waals surface area contributed by atoms with E-state index >= 15 is 0 Å². The van der Waals surface area contributed by atoms with Gasteiger partial charge in [-0.05, 0) is 40.2 Å². The molecule has 21 heavy (non-hydrogen) atoms. The molecule has 6 heteroatoms. The Morgan fingerprint density at radius 3 is 2.33 bits per heavy atom. The van der Waals surface area contributed by atoms with Crippen LogP contribution in [0.5, 0.6) is 0 Å². The van der Waals surface area contributed by atoms with Gasteiger partial charge in [-0.25, -0.2) is 9.97 Å². The lowest BCUT2D eigenvalue weighted by molar-refractivity contribution is 0.00578. The van der Waals surface area contributed by atoms with Crippen LogP contribution in [0.1, 0.15) is 33.3 Å². The van der Waals surface area contributed by atoms with Crippen molar-refractivity contribution in [2.75, 3.05) is 0 Å². The highest BCUT2D eigenvalue weighted by atomic mass is 16.7. The van der Waals surface area contributed by atoms with Crippen molar-refractivity contribution < 1.29 is 9.31 Å². The highest BCUT2D eigenvalue weighted by Crippen LogP contribution is 2.36. The molecule has 0 aromatic carbocycles. The van der Waals surface area contributed by atoms with Crippen molar-refractivity contribution in [1.29, 1.82) is 0 Å². The summed E-state index contributed by atoms with van der Waals surface area (Å²) < 4.78 is 14.0. The van der Waals surface area contributed by atoms with Gasteiger partial charge in [0.25, 0.3) is 0 Å². The molecule has 1 aliphatic heterocycles. The maximum atomic E-state index is 6.05. The van der Waals surface area contributed by atoms with E-state index in [0.29, 0.717) is 0 Å². The van der Waals surface area contributed by atoms with Gasteiger partial charge in [0.15, 0.2) is 0 Å². The van der Waals surface area contributed by atoms with Crippen LogP contribution >= 0.6 is 0 Å². The first-order valence-corrected chi connectivity index (χ1v) is 7.11. The number of rotatable bonds is 2. The number of hydrogen-bond acceptors (Lipinski definition) is 4. The fourth-order valence-corrected chi connectivity index (χ4v) is 2.35.